The van der Waals surface area contributed by atoms with E-state index in [1.807, 2.05) is 60.7 Å². The fraction of sp³-hybridized carbons (Fsp3) is 0.143. The van der Waals surface area contributed by atoms with Gasteiger partial charge in [-0.25, -0.2) is 0 Å². The second-order valence-electron chi connectivity index (χ2n) is 5.54. The summed E-state index contributed by atoms with van der Waals surface area (Å²) in [6.07, 6.45) is 5.13. The van der Waals surface area contributed by atoms with Gasteiger partial charge in [-0.05, 0) is 29.7 Å². The van der Waals surface area contributed by atoms with E-state index in [4.69, 9.17) is 5.11 Å². The summed E-state index contributed by atoms with van der Waals surface area (Å²) in [6.45, 7) is 0.321. The topological polar surface area (TPSA) is 78.4 Å². The van der Waals surface area contributed by atoms with Crippen LogP contribution in [0.2, 0.25) is 0 Å². The fourth-order valence-electron chi connectivity index (χ4n) is 2.16. The van der Waals surface area contributed by atoms with Gasteiger partial charge < -0.3 is 15.7 Å². The van der Waals surface area contributed by atoms with E-state index in [1.54, 1.807) is 12.2 Å². The van der Waals surface area contributed by atoms with Crippen molar-refractivity contribution in [1.82, 2.24) is 10.6 Å². The molecule has 0 aliphatic carbocycles. The van der Waals surface area contributed by atoms with Gasteiger partial charge >= 0.3 is 0 Å². The highest BCUT2D eigenvalue weighted by Crippen LogP contribution is 2.06. The van der Waals surface area contributed by atoms with Gasteiger partial charge in [-0.1, -0.05) is 60.7 Å². The summed E-state index contributed by atoms with van der Waals surface area (Å²) in [7, 11) is 0. The largest absolute Gasteiger partial charge is 0.396 e. The molecule has 0 unspecified atom stereocenters. The Bertz CT molecular complexity index is 768. The van der Waals surface area contributed by atoms with Gasteiger partial charge in [0.05, 0.1) is 0 Å². The molecule has 0 atom stereocenters. The molecule has 0 aromatic heterocycles. The van der Waals surface area contributed by atoms with Gasteiger partial charge in [0, 0.05) is 19.2 Å². The lowest BCUT2D eigenvalue weighted by Crippen LogP contribution is -2.34. The molecule has 0 saturated carbocycles. The summed E-state index contributed by atoms with van der Waals surface area (Å²) < 4.78 is 0. The van der Waals surface area contributed by atoms with Crippen molar-refractivity contribution in [3.63, 3.8) is 0 Å². The third-order valence-corrected chi connectivity index (χ3v) is 3.46. The minimum Gasteiger partial charge on any atom is -0.396 e. The van der Waals surface area contributed by atoms with Crippen LogP contribution < -0.4 is 10.6 Å². The van der Waals surface area contributed by atoms with Gasteiger partial charge in [0.2, 0.25) is 5.91 Å². The van der Waals surface area contributed by atoms with Crippen LogP contribution in [0.15, 0.2) is 72.4 Å². The minimum atomic E-state index is -0.399. The van der Waals surface area contributed by atoms with Crippen molar-refractivity contribution in [3.8, 4) is 0 Å². The smallest absolute Gasteiger partial charge is 0.267 e. The maximum Gasteiger partial charge on any atom is 0.267 e. The number of rotatable bonds is 8. The van der Waals surface area contributed by atoms with Crippen molar-refractivity contribution in [2.45, 2.75) is 6.42 Å². The molecule has 5 heteroatoms. The normalized spacial score (nSPS) is 11.3. The lowest BCUT2D eigenvalue weighted by molar-refractivity contribution is -0.121. The second-order valence-corrected chi connectivity index (χ2v) is 5.54. The second kappa shape index (κ2) is 10.6. The molecular formula is C21H22N2O3. The van der Waals surface area contributed by atoms with Gasteiger partial charge in [-0.2, -0.15) is 0 Å². The van der Waals surface area contributed by atoms with Crippen molar-refractivity contribution >= 4 is 24.0 Å². The molecule has 0 fully saturated rings. The maximum absolute atomic E-state index is 12.3. The quantitative estimate of drug-likeness (QED) is 0.505. The van der Waals surface area contributed by atoms with E-state index in [0.29, 0.717) is 13.0 Å². The van der Waals surface area contributed by atoms with E-state index < -0.39 is 11.8 Å². The number of nitrogens with one attached hydrogen (secondary N) is 2. The molecular weight excluding hydrogens is 328 g/mol. The highest BCUT2D eigenvalue weighted by molar-refractivity contribution is 6.04. The monoisotopic (exact) mass is 350 g/mol. The van der Waals surface area contributed by atoms with E-state index in [0.717, 1.165) is 11.1 Å². The molecule has 26 heavy (non-hydrogen) atoms. The summed E-state index contributed by atoms with van der Waals surface area (Å²) in [6, 6.07) is 18.7. The molecule has 2 aromatic carbocycles. The molecule has 2 amide bonds. The van der Waals surface area contributed by atoms with Gasteiger partial charge in [0.25, 0.3) is 5.91 Å². The number of hydrogen-bond acceptors (Lipinski definition) is 3. The summed E-state index contributed by atoms with van der Waals surface area (Å²) >= 11 is 0. The Labute approximate surface area is 153 Å². The number of carbonyl (C=O) groups excluding carboxylic acids is 2. The van der Waals surface area contributed by atoms with Crippen LogP contribution in [0.3, 0.4) is 0 Å². The molecule has 0 radical (unpaired) electrons. The molecule has 134 valence electrons. The molecule has 2 rings (SSSR count). The van der Waals surface area contributed by atoms with Crippen molar-refractivity contribution in [2.24, 2.45) is 0 Å². The average molecular weight is 350 g/mol. The van der Waals surface area contributed by atoms with Gasteiger partial charge in [-0.15, -0.1) is 0 Å². The zero-order chi connectivity index (χ0) is 18.6. The number of benzene rings is 2. The van der Waals surface area contributed by atoms with Gasteiger partial charge in [-0.3, -0.25) is 9.59 Å². The van der Waals surface area contributed by atoms with Gasteiger partial charge in [0.1, 0.15) is 5.70 Å². The van der Waals surface area contributed by atoms with E-state index in [1.165, 1.54) is 6.08 Å². The van der Waals surface area contributed by atoms with Crippen LogP contribution in [0.4, 0.5) is 0 Å². The Morgan fingerprint density at radius 1 is 0.923 bits per heavy atom. The average Bonchev–Trinajstić information content (AvgIpc) is 2.67. The van der Waals surface area contributed by atoms with E-state index in [-0.39, 0.29) is 12.3 Å². The highest BCUT2D eigenvalue weighted by Gasteiger charge is 2.11. The zero-order valence-corrected chi connectivity index (χ0v) is 14.4. The van der Waals surface area contributed by atoms with Crippen molar-refractivity contribution < 1.29 is 14.7 Å². The van der Waals surface area contributed by atoms with Crippen molar-refractivity contribution in [1.29, 1.82) is 0 Å². The molecule has 0 heterocycles. The van der Waals surface area contributed by atoms with Gasteiger partial charge in [0.15, 0.2) is 0 Å². The minimum absolute atomic E-state index is 0.00974. The van der Waals surface area contributed by atoms with Crippen LogP contribution in [0.25, 0.3) is 12.2 Å². The van der Waals surface area contributed by atoms with Crippen LogP contribution in [-0.4, -0.2) is 30.1 Å². The molecule has 2 aromatic rings. The molecule has 0 aliphatic heterocycles. The number of aliphatic hydroxyl groups excluding tert-OH is 1. The lowest BCUT2D eigenvalue weighted by atomic mass is 10.2. The standard InChI is InChI=1S/C21H22N2O3/c24-15-7-14-22-21(26)19(16-18-10-5-2-6-11-18)23-20(25)13-12-17-8-3-1-4-9-17/h1-6,8-13,16,24H,7,14-15H2,(H,22,26)(H,23,25). The summed E-state index contributed by atoms with van der Waals surface area (Å²) in [4.78, 5) is 24.5. The number of hydrogen-bond donors (Lipinski definition) is 3. The predicted octanol–water partition coefficient (Wildman–Crippen LogP) is 2.36. The first-order valence-electron chi connectivity index (χ1n) is 8.39. The Morgan fingerprint density at radius 2 is 1.54 bits per heavy atom. The number of amides is 2. The van der Waals surface area contributed by atoms with E-state index in [9.17, 15) is 9.59 Å². The third-order valence-electron chi connectivity index (χ3n) is 3.46. The van der Waals surface area contributed by atoms with E-state index >= 15 is 0 Å². The SMILES string of the molecule is O=C(C=Cc1ccccc1)NC(=Cc1ccccc1)C(=O)NCCCO. The van der Waals surface area contributed by atoms with Crippen LogP contribution in [0.1, 0.15) is 17.5 Å². The molecule has 0 spiro atoms. The molecule has 0 bridgehead atoms. The first-order valence-corrected chi connectivity index (χ1v) is 8.39. The van der Waals surface area contributed by atoms with Crippen molar-refractivity contribution in [2.75, 3.05) is 13.2 Å². The first kappa shape index (κ1) is 19.1. The molecule has 0 aliphatic rings. The summed E-state index contributed by atoms with van der Waals surface area (Å²) in [5.41, 5.74) is 1.84. The Kier molecular flexibility index (Phi) is 7.83. The Balaban J connectivity index is 2.10. The van der Waals surface area contributed by atoms with Crippen LogP contribution in [0, 0.1) is 0 Å². The van der Waals surface area contributed by atoms with E-state index in [2.05, 4.69) is 10.6 Å². The fourth-order valence-corrected chi connectivity index (χ4v) is 2.16. The number of carbonyl (C=O) groups is 2. The Hall–Kier alpha value is -3.18. The molecule has 0 saturated heterocycles. The molecule has 5 nitrogen and oxygen atoms in total. The lowest BCUT2D eigenvalue weighted by Gasteiger charge is -2.09. The third kappa shape index (κ3) is 6.75. The maximum atomic E-state index is 12.3. The Morgan fingerprint density at radius 3 is 2.15 bits per heavy atom. The summed E-state index contributed by atoms with van der Waals surface area (Å²) in [5, 5.41) is 14.1. The number of aliphatic hydroxyl groups is 1. The predicted molar refractivity (Wildman–Crippen MR) is 103 cm³/mol. The zero-order valence-electron chi connectivity index (χ0n) is 14.4. The summed E-state index contributed by atoms with van der Waals surface area (Å²) in [5.74, 6) is -0.794. The first-order chi connectivity index (χ1) is 12.7. The molecule has 3 N–H and O–H groups in total. The van der Waals surface area contributed by atoms with Crippen LogP contribution in [0.5, 0.6) is 0 Å². The van der Waals surface area contributed by atoms with Crippen LogP contribution >= 0.6 is 0 Å². The van der Waals surface area contributed by atoms with Crippen LogP contribution in [-0.2, 0) is 9.59 Å². The highest BCUT2D eigenvalue weighted by atomic mass is 16.3. The van der Waals surface area contributed by atoms with Crippen molar-refractivity contribution in [3.05, 3.63) is 83.6 Å².